The SMILES string of the molecule is O=C(Nc1ccc(Oc2ccccc2)cc1)NC1c2onc(-c3ccccc3)c21. The molecule has 1 unspecified atom stereocenters. The number of nitrogens with zero attached hydrogens (tertiary/aromatic N) is 1. The zero-order chi connectivity index (χ0) is 19.6. The van der Waals surface area contributed by atoms with E-state index in [1.165, 1.54) is 0 Å². The van der Waals surface area contributed by atoms with Gasteiger partial charge in [0.15, 0.2) is 5.76 Å². The quantitative estimate of drug-likeness (QED) is 0.486. The molecule has 1 aliphatic carbocycles. The first-order valence-corrected chi connectivity index (χ1v) is 9.23. The van der Waals surface area contributed by atoms with Gasteiger partial charge < -0.3 is 19.9 Å². The Kier molecular flexibility index (Phi) is 4.22. The van der Waals surface area contributed by atoms with E-state index in [0.717, 1.165) is 22.6 Å². The number of nitrogens with one attached hydrogen (secondary N) is 2. The molecule has 0 radical (unpaired) electrons. The van der Waals surface area contributed by atoms with Crippen molar-refractivity contribution in [1.29, 1.82) is 0 Å². The van der Waals surface area contributed by atoms with Crippen molar-refractivity contribution >= 4 is 11.7 Å². The van der Waals surface area contributed by atoms with E-state index in [0.29, 0.717) is 17.2 Å². The van der Waals surface area contributed by atoms with Crippen LogP contribution in [-0.2, 0) is 0 Å². The van der Waals surface area contributed by atoms with Crippen molar-refractivity contribution < 1.29 is 14.1 Å². The minimum absolute atomic E-state index is 0.233. The second kappa shape index (κ2) is 7.16. The zero-order valence-corrected chi connectivity index (χ0v) is 15.3. The Hall–Kier alpha value is -4.06. The monoisotopic (exact) mass is 383 g/mol. The fourth-order valence-corrected chi connectivity index (χ4v) is 3.17. The van der Waals surface area contributed by atoms with Crippen LogP contribution in [0.2, 0.25) is 0 Å². The highest BCUT2D eigenvalue weighted by atomic mass is 16.5. The van der Waals surface area contributed by atoms with Gasteiger partial charge in [-0.15, -0.1) is 0 Å². The maximum atomic E-state index is 12.3. The Morgan fingerprint density at radius 3 is 2.24 bits per heavy atom. The molecule has 6 heteroatoms. The molecule has 2 N–H and O–H groups in total. The van der Waals surface area contributed by atoms with Crippen LogP contribution in [0.25, 0.3) is 11.3 Å². The van der Waals surface area contributed by atoms with Crippen LogP contribution in [0.4, 0.5) is 10.5 Å². The minimum atomic E-state index is -0.308. The highest BCUT2D eigenvalue weighted by molar-refractivity contribution is 5.91. The summed E-state index contributed by atoms with van der Waals surface area (Å²) < 4.78 is 11.1. The predicted molar refractivity (Wildman–Crippen MR) is 109 cm³/mol. The lowest BCUT2D eigenvalue weighted by molar-refractivity contribution is 0.250. The standard InChI is InChI=1S/C23H17N3O3/c27-23(24-16-11-13-18(14-12-16)28-17-9-5-2-6-10-17)25-21-19-20(26-29-22(19)21)15-7-3-1-4-8-15/h1-14,21H,(H2,24,25,27). The van der Waals surface area contributed by atoms with E-state index in [1.807, 2.05) is 60.7 Å². The van der Waals surface area contributed by atoms with Crippen LogP contribution in [0.3, 0.4) is 0 Å². The summed E-state index contributed by atoms with van der Waals surface area (Å²) in [7, 11) is 0. The van der Waals surface area contributed by atoms with Gasteiger partial charge >= 0.3 is 6.03 Å². The fraction of sp³-hybridized carbons (Fsp3) is 0.0435. The van der Waals surface area contributed by atoms with Gasteiger partial charge in [0.2, 0.25) is 0 Å². The summed E-state index contributed by atoms with van der Waals surface area (Å²) in [6.07, 6.45) is 0. The maximum absolute atomic E-state index is 12.3. The molecule has 2 amide bonds. The second-order valence-electron chi connectivity index (χ2n) is 6.65. The van der Waals surface area contributed by atoms with Crippen molar-refractivity contribution in [3.63, 3.8) is 0 Å². The van der Waals surface area contributed by atoms with Crippen LogP contribution in [0, 0.1) is 0 Å². The Labute approximate surface area is 167 Å². The number of hydrogen-bond donors (Lipinski definition) is 2. The van der Waals surface area contributed by atoms with Crippen LogP contribution < -0.4 is 15.4 Å². The molecule has 0 aliphatic heterocycles. The largest absolute Gasteiger partial charge is 0.457 e. The molecule has 3 aromatic carbocycles. The second-order valence-corrected chi connectivity index (χ2v) is 6.65. The van der Waals surface area contributed by atoms with E-state index >= 15 is 0 Å². The summed E-state index contributed by atoms with van der Waals surface area (Å²) in [4.78, 5) is 12.3. The summed E-state index contributed by atoms with van der Waals surface area (Å²) in [5.74, 6) is 2.16. The molecule has 0 bridgehead atoms. The van der Waals surface area contributed by atoms with Crippen LogP contribution >= 0.6 is 0 Å². The van der Waals surface area contributed by atoms with Crippen molar-refractivity contribution in [3.8, 4) is 22.8 Å². The molecular weight excluding hydrogens is 366 g/mol. The topological polar surface area (TPSA) is 76.4 Å². The van der Waals surface area contributed by atoms with Gasteiger partial charge in [-0.3, -0.25) is 0 Å². The third kappa shape index (κ3) is 3.55. The molecule has 29 heavy (non-hydrogen) atoms. The Morgan fingerprint density at radius 2 is 1.52 bits per heavy atom. The Morgan fingerprint density at radius 1 is 0.862 bits per heavy atom. The van der Waals surface area contributed by atoms with E-state index in [2.05, 4.69) is 15.8 Å². The van der Waals surface area contributed by atoms with Crippen molar-refractivity contribution in [2.75, 3.05) is 5.32 Å². The average molecular weight is 383 g/mol. The van der Waals surface area contributed by atoms with Crippen molar-refractivity contribution in [2.24, 2.45) is 0 Å². The lowest BCUT2D eigenvalue weighted by atomic mass is 10.1. The number of benzene rings is 3. The normalized spacial score (nSPS) is 14.0. The van der Waals surface area contributed by atoms with Crippen LogP contribution in [0.1, 0.15) is 17.4 Å². The number of para-hydroxylation sites is 1. The number of rotatable bonds is 5. The Bertz CT molecular complexity index is 1140. The molecule has 0 saturated carbocycles. The number of anilines is 1. The molecular formula is C23H17N3O3. The highest BCUT2D eigenvalue weighted by Crippen LogP contribution is 2.47. The molecule has 1 aromatic heterocycles. The molecule has 1 heterocycles. The predicted octanol–water partition coefficient (Wildman–Crippen LogP) is 5.36. The van der Waals surface area contributed by atoms with Crippen molar-refractivity contribution in [1.82, 2.24) is 10.5 Å². The average Bonchev–Trinajstić information content (AvgIpc) is 3.22. The lowest BCUT2D eigenvalue weighted by Gasteiger charge is -2.09. The maximum Gasteiger partial charge on any atom is 0.320 e. The highest BCUT2D eigenvalue weighted by Gasteiger charge is 2.44. The molecule has 6 nitrogen and oxygen atoms in total. The summed E-state index contributed by atoms with van der Waals surface area (Å²) >= 11 is 0. The van der Waals surface area contributed by atoms with E-state index in [-0.39, 0.29) is 12.1 Å². The van der Waals surface area contributed by atoms with Gasteiger partial charge in [0, 0.05) is 11.3 Å². The number of carbonyl (C=O) groups is 1. The van der Waals surface area contributed by atoms with E-state index < -0.39 is 0 Å². The van der Waals surface area contributed by atoms with E-state index in [4.69, 9.17) is 9.26 Å². The van der Waals surface area contributed by atoms with Gasteiger partial charge in [-0.25, -0.2) is 4.79 Å². The number of carbonyl (C=O) groups excluding carboxylic acids is 1. The molecule has 1 atom stereocenters. The summed E-state index contributed by atoms with van der Waals surface area (Å²) in [6, 6.07) is 25.9. The molecule has 1 aliphatic rings. The van der Waals surface area contributed by atoms with Gasteiger partial charge in [0.05, 0.1) is 5.56 Å². The fourth-order valence-electron chi connectivity index (χ4n) is 3.17. The Balaban J connectivity index is 1.19. The summed E-state index contributed by atoms with van der Waals surface area (Å²) in [6.45, 7) is 0. The van der Waals surface area contributed by atoms with Gasteiger partial charge in [0.1, 0.15) is 23.2 Å². The molecule has 4 aromatic rings. The molecule has 0 saturated heterocycles. The molecule has 0 spiro atoms. The third-order valence-electron chi connectivity index (χ3n) is 4.64. The number of hydrogen-bond acceptors (Lipinski definition) is 4. The van der Waals surface area contributed by atoms with Crippen LogP contribution in [0.15, 0.2) is 89.5 Å². The minimum Gasteiger partial charge on any atom is -0.457 e. The number of urea groups is 1. The first kappa shape index (κ1) is 17.1. The van der Waals surface area contributed by atoms with Crippen LogP contribution in [-0.4, -0.2) is 11.2 Å². The number of ether oxygens (including phenoxy) is 1. The molecule has 0 fully saturated rings. The summed E-state index contributed by atoms with van der Waals surface area (Å²) in [5, 5.41) is 9.80. The first-order valence-electron chi connectivity index (χ1n) is 9.23. The molecule has 142 valence electrons. The number of amides is 2. The van der Waals surface area contributed by atoms with Crippen LogP contribution in [0.5, 0.6) is 11.5 Å². The lowest BCUT2D eigenvalue weighted by Crippen LogP contribution is -2.27. The molecule has 5 rings (SSSR count). The van der Waals surface area contributed by atoms with Gasteiger partial charge in [-0.05, 0) is 36.4 Å². The van der Waals surface area contributed by atoms with Crippen molar-refractivity contribution in [2.45, 2.75) is 6.04 Å². The third-order valence-corrected chi connectivity index (χ3v) is 4.64. The zero-order valence-electron chi connectivity index (χ0n) is 15.3. The van der Waals surface area contributed by atoms with Gasteiger partial charge in [0.25, 0.3) is 0 Å². The van der Waals surface area contributed by atoms with Gasteiger partial charge in [-0.1, -0.05) is 53.7 Å². The number of aromatic nitrogens is 1. The smallest absolute Gasteiger partial charge is 0.320 e. The number of fused-ring (bicyclic) bond motifs is 1. The van der Waals surface area contributed by atoms with Crippen molar-refractivity contribution in [3.05, 3.63) is 96.3 Å². The van der Waals surface area contributed by atoms with E-state index in [9.17, 15) is 4.79 Å². The first-order chi connectivity index (χ1) is 14.3. The summed E-state index contributed by atoms with van der Waals surface area (Å²) in [5.41, 5.74) is 3.34. The van der Waals surface area contributed by atoms with Gasteiger partial charge in [-0.2, -0.15) is 0 Å². The van der Waals surface area contributed by atoms with E-state index in [1.54, 1.807) is 24.3 Å².